The summed E-state index contributed by atoms with van der Waals surface area (Å²) in [5.41, 5.74) is -1.05. The topological polar surface area (TPSA) is 142 Å². The van der Waals surface area contributed by atoms with Gasteiger partial charge in [-0.3, -0.25) is 9.36 Å². The predicted molar refractivity (Wildman–Crippen MR) is 173 cm³/mol. The van der Waals surface area contributed by atoms with Crippen molar-refractivity contribution in [3.63, 3.8) is 0 Å². The SMILES string of the molecule is CNc1nc(C)nc2c1ncn2[C@@H]1O[C@](CCl)(COP(=S)(N[C@H](C)C(=O)OC(C)C)Oc2cccc3ccccc23)[C@@H](O)[C@H]1F. The number of benzene rings is 2. The van der Waals surface area contributed by atoms with Gasteiger partial charge in [-0.2, -0.15) is 0 Å². The summed E-state index contributed by atoms with van der Waals surface area (Å²) in [6.07, 6.45) is -4.02. The third kappa shape index (κ3) is 6.78. The lowest BCUT2D eigenvalue weighted by Crippen LogP contribution is -2.48. The number of halogens is 2. The van der Waals surface area contributed by atoms with Crippen LogP contribution in [-0.2, 0) is 30.6 Å². The fourth-order valence-corrected chi connectivity index (χ4v) is 7.74. The number of aryl methyl sites for hydroxylation is 1. The van der Waals surface area contributed by atoms with Gasteiger partial charge < -0.3 is 28.9 Å². The number of hydrogen-bond acceptors (Lipinski definition) is 11. The standard InChI is InChI=1S/C29H35ClFN6O6PS/c1-16(2)41-28(39)17(3)36-44(45,43-21-12-8-10-19-9-6-7-11-20(19)21)40-14-29(13-30)24(38)22(31)27(42-29)37-15-33-23-25(32-5)34-18(4)35-26(23)37/h6-12,15-17,22,24,27,38H,13-14H2,1-5H3,(H,36,45)(H,32,34,35)/t17-,22-,24+,27-,29-,44?/m1/s1. The number of esters is 1. The molecule has 12 nitrogen and oxygen atoms in total. The van der Waals surface area contributed by atoms with Gasteiger partial charge in [-0.1, -0.05) is 36.4 Å². The Labute approximate surface area is 269 Å². The highest BCUT2D eigenvalue weighted by Gasteiger charge is 2.57. The molecule has 16 heteroatoms. The molecule has 5 rings (SSSR count). The largest absolute Gasteiger partial charge is 0.462 e. The van der Waals surface area contributed by atoms with Crippen molar-refractivity contribution < 1.29 is 32.8 Å². The van der Waals surface area contributed by atoms with Crippen molar-refractivity contribution in [3.8, 4) is 5.75 Å². The zero-order valence-corrected chi connectivity index (χ0v) is 27.8. The lowest BCUT2D eigenvalue weighted by Gasteiger charge is -2.33. The Kier molecular flexibility index (Phi) is 9.95. The highest BCUT2D eigenvalue weighted by molar-refractivity contribution is 8.09. The van der Waals surface area contributed by atoms with Gasteiger partial charge in [-0.05, 0) is 51.0 Å². The average Bonchev–Trinajstić information content (AvgIpc) is 3.54. The maximum Gasteiger partial charge on any atom is 0.323 e. The summed E-state index contributed by atoms with van der Waals surface area (Å²) in [5.74, 6) is 0.365. The van der Waals surface area contributed by atoms with Gasteiger partial charge in [0.25, 0.3) is 0 Å². The number of carbonyl (C=O) groups is 1. The van der Waals surface area contributed by atoms with Crippen molar-refractivity contribution in [1.29, 1.82) is 0 Å². The van der Waals surface area contributed by atoms with Crippen molar-refractivity contribution >= 4 is 63.8 Å². The van der Waals surface area contributed by atoms with E-state index in [2.05, 4.69) is 25.4 Å². The van der Waals surface area contributed by atoms with E-state index in [0.29, 0.717) is 28.6 Å². The maximum atomic E-state index is 15.9. The van der Waals surface area contributed by atoms with Crippen molar-refractivity contribution in [2.24, 2.45) is 0 Å². The minimum atomic E-state index is -3.63. The number of anilines is 1. The number of aliphatic hydroxyl groups excluding tert-OH is 1. The number of carbonyl (C=O) groups excluding carboxylic acids is 1. The molecule has 1 fully saturated rings. The molecule has 1 unspecified atom stereocenters. The Morgan fingerprint density at radius 2 is 1.98 bits per heavy atom. The van der Waals surface area contributed by atoms with Crippen LogP contribution in [-0.4, -0.2) is 80.2 Å². The summed E-state index contributed by atoms with van der Waals surface area (Å²) in [5, 5.41) is 18.8. The maximum absolute atomic E-state index is 15.9. The van der Waals surface area contributed by atoms with Gasteiger partial charge in [-0.25, -0.2) is 24.4 Å². The molecule has 1 saturated heterocycles. The Hall–Kier alpha value is -2.97. The summed E-state index contributed by atoms with van der Waals surface area (Å²) in [4.78, 5) is 25.8. The van der Waals surface area contributed by atoms with Crippen LogP contribution in [0.2, 0.25) is 0 Å². The summed E-state index contributed by atoms with van der Waals surface area (Å²) in [7, 11) is 1.69. The second-order valence-electron chi connectivity index (χ2n) is 11.0. The van der Waals surface area contributed by atoms with Gasteiger partial charge in [-0.15, -0.1) is 11.6 Å². The first-order valence-electron chi connectivity index (χ1n) is 14.3. The molecule has 45 heavy (non-hydrogen) atoms. The number of nitrogens with one attached hydrogen (secondary N) is 2. The van der Waals surface area contributed by atoms with Crippen LogP contribution in [0.5, 0.6) is 5.75 Å². The van der Waals surface area contributed by atoms with E-state index in [9.17, 15) is 9.90 Å². The quantitative estimate of drug-likeness (QED) is 0.108. The first-order chi connectivity index (χ1) is 21.4. The molecule has 6 atom stereocenters. The van der Waals surface area contributed by atoms with Crippen LogP contribution in [0, 0.1) is 6.92 Å². The molecule has 2 aromatic carbocycles. The summed E-state index contributed by atoms with van der Waals surface area (Å²) >= 11 is 12.3. The number of alkyl halides is 2. The predicted octanol–water partition coefficient (Wildman–Crippen LogP) is 4.78. The number of fused-ring (bicyclic) bond motifs is 2. The third-order valence-electron chi connectivity index (χ3n) is 7.24. The van der Waals surface area contributed by atoms with Crippen LogP contribution in [0.25, 0.3) is 21.9 Å². The molecule has 0 bridgehead atoms. The van der Waals surface area contributed by atoms with Gasteiger partial charge >= 0.3 is 12.6 Å². The number of aliphatic hydroxyl groups is 1. The molecule has 242 valence electrons. The van der Waals surface area contributed by atoms with Gasteiger partial charge in [0.2, 0.25) is 0 Å². The Morgan fingerprint density at radius 1 is 1.24 bits per heavy atom. The fourth-order valence-electron chi connectivity index (χ4n) is 5.00. The molecule has 0 aliphatic carbocycles. The Balaban J connectivity index is 1.45. The van der Waals surface area contributed by atoms with E-state index in [4.69, 9.17) is 41.9 Å². The molecular formula is C29H35ClFN6O6PS. The van der Waals surface area contributed by atoms with Gasteiger partial charge in [0, 0.05) is 12.4 Å². The molecule has 0 amide bonds. The number of aromatic nitrogens is 4. The van der Waals surface area contributed by atoms with Crippen LogP contribution >= 0.6 is 18.2 Å². The Bertz CT molecular complexity index is 1740. The van der Waals surface area contributed by atoms with Crippen molar-refractivity contribution in [1.82, 2.24) is 24.6 Å². The fraction of sp³-hybridized carbons (Fsp3) is 0.448. The van der Waals surface area contributed by atoms with E-state index in [1.165, 1.54) is 10.9 Å². The van der Waals surface area contributed by atoms with Gasteiger partial charge in [0.15, 0.2) is 29.4 Å². The highest BCUT2D eigenvalue weighted by atomic mass is 35.5. The van der Waals surface area contributed by atoms with Crippen LogP contribution in [0.1, 0.15) is 32.8 Å². The molecule has 0 spiro atoms. The average molecular weight is 681 g/mol. The number of hydrogen-bond donors (Lipinski definition) is 3. The van der Waals surface area contributed by atoms with E-state index in [-0.39, 0.29) is 12.0 Å². The van der Waals surface area contributed by atoms with Crippen molar-refractivity contribution in [3.05, 3.63) is 54.6 Å². The van der Waals surface area contributed by atoms with E-state index >= 15 is 4.39 Å². The zero-order valence-electron chi connectivity index (χ0n) is 25.3. The molecule has 1 aliphatic heterocycles. The minimum absolute atomic E-state index is 0.307. The summed E-state index contributed by atoms with van der Waals surface area (Å²) in [6, 6.07) is 12.0. The Morgan fingerprint density at radius 3 is 2.69 bits per heavy atom. The monoisotopic (exact) mass is 680 g/mol. The normalized spacial score (nSPS) is 23.7. The lowest BCUT2D eigenvalue weighted by atomic mass is 9.99. The molecule has 0 radical (unpaired) electrons. The molecule has 1 aliphatic rings. The molecule has 3 N–H and O–H groups in total. The van der Waals surface area contributed by atoms with E-state index in [1.54, 1.807) is 46.9 Å². The first kappa shape index (κ1) is 33.4. The highest BCUT2D eigenvalue weighted by Crippen LogP contribution is 2.50. The number of nitrogens with zero attached hydrogens (tertiary/aromatic N) is 4. The summed E-state index contributed by atoms with van der Waals surface area (Å²) in [6.45, 7) is 2.62. The van der Waals surface area contributed by atoms with E-state index in [0.717, 1.165) is 10.8 Å². The van der Waals surface area contributed by atoms with Crippen LogP contribution in [0.15, 0.2) is 48.8 Å². The number of ether oxygens (including phenoxy) is 2. The number of imidazole rings is 1. The van der Waals surface area contributed by atoms with Crippen molar-refractivity contribution in [2.75, 3.05) is 24.9 Å². The molecule has 0 saturated carbocycles. The van der Waals surface area contributed by atoms with Crippen LogP contribution in [0.3, 0.4) is 0 Å². The lowest BCUT2D eigenvalue weighted by molar-refractivity contribution is -0.149. The minimum Gasteiger partial charge on any atom is -0.462 e. The van der Waals surface area contributed by atoms with Gasteiger partial charge in [0.1, 0.15) is 29.3 Å². The van der Waals surface area contributed by atoms with Crippen LogP contribution in [0.4, 0.5) is 10.2 Å². The van der Waals surface area contributed by atoms with Crippen LogP contribution < -0.4 is 14.9 Å². The molecule has 2 aromatic heterocycles. The second kappa shape index (κ2) is 13.4. The third-order valence-corrected chi connectivity index (χ3v) is 10.2. The molecule has 3 heterocycles. The van der Waals surface area contributed by atoms with Crippen molar-refractivity contribution in [2.45, 2.75) is 63.9 Å². The summed E-state index contributed by atoms with van der Waals surface area (Å²) < 4.78 is 41.3. The van der Waals surface area contributed by atoms with E-state index in [1.807, 2.05) is 30.3 Å². The van der Waals surface area contributed by atoms with Gasteiger partial charge in [0.05, 0.1) is 24.9 Å². The zero-order chi connectivity index (χ0) is 32.5. The first-order valence-corrected chi connectivity index (χ1v) is 17.4. The molecule has 4 aromatic rings. The smallest absolute Gasteiger partial charge is 0.323 e. The number of rotatable bonds is 12. The molecular weight excluding hydrogens is 646 g/mol. The van der Waals surface area contributed by atoms with E-state index < -0.39 is 49.4 Å². The second-order valence-corrected chi connectivity index (χ2v) is 14.4.